The predicted octanol–water partition coefficient (Wildman–Crippen LogP) is 6.22. The van der Waals surface area contributed by atoms with Gasteiger partial charge >= 0.3 is 0 Å². The number of nitrogens with one attached hydrogen (secondary N) is 1. The molecular weight excluding hydrogens is 330 g/mol. The molecule has 2 aromatic carbocycles. The van der Waals surface area contributed by atoms with Gasteiger partial charge in [0, 0.05) is 28.2 Å². The van der Waals surface area contributed by atoms with Crippen molar-refractivity contribution in [2.45, 2.75) is 45.1 Å². The van der Waals surface area contributed by atoms with E-state index in [9.17, 15) is 4.79 Å². The number of hydrogen-bond acceptors (Lipinski definition) is 2. The number of carbonyl (C=O) groups excluding carboxylic acids is 1. The van der Waals surface area contributed by atoms with Gasteiger partial charge in [0.2, 0.25) is 0 Å². The quantitative estimate of drug-likeness (QED) is 0.623. The minimum atomic E-state index is -0.0684. The lowest BCUT2D eigenvalue weighted by Crippen LogP contribution is -2.40. The van der Waals surface area contributed by atoms with Gasteiger partial charge in [-0.05, 0) is 43.0 Å². The molecule has 0 saturated heterocycles. The van der Waals surface area contributed by atoms with Crippen molar-refractivity contribution in [1.82, 2.24) is 0 Å². The highest BCUT2D eigenvalue weighted by molar-refractivity contribution is 6.30. The van der Waals surface area contributed by atoms with Crippen LogP contribution in [0.15, 0.2) is 54.6 Å². The normalized spacial score (nSPS) is 17.7. The molecule has 1 N–H and O–H groups in total. The molecule has 2 atom stereocenters. The van der Waals surface area contributed by atoms with Gasteiger partial charge in [-0.15, -0.1) is 0 Å². The average molecular weight is 356 g/mol. The molecule has 0 spiro atoms. The summed E-state index contributed by atoms with van der Waals surface area (Å²) >= 11 is 6.01. The molecule has 1 aliphatic rings. The van der Waals surface area contributed by atoms with E-state index in [1.54, 1.807) is 0 Å². The lowest BCUT2D eigenvalue weighted by atomic mass is 9.77. The van der Waals surface area contributed by atoms with Crippen LogP contribution in [-0.4, -0.2) is 11.8 Å². The second kappa shape index (κ2) is 8.53. The lowest BCUT2D eigenvalue weighted by Gasteiger charge is -2.35. The molecule has 0 heterocycles. The standard InChI is InChI=1S/C22H26ClNO/c1-16(22(25)18-10-6-3-7-11-18)21(17-8-4-2-5-9-17)24-20-14-12-19(23)13-15-20/h3,6-7,10-17,21,24H,2,4-5,8-9H2,1H3. The van der Waals surface area contributed by atoms with Gasteiger partial charge in [-0.1, -0.05) is 68.1 Å². The summed E-state index contributed by atoms with van der Waals surface area (Å²) in [5.41, 5.74) is 1.83. The first kappa shape index (κ1) is 18.0. The fraction of sp³-hybridized carbons (Fsp3) is 0.409. The van der Waals surface area contributed by atoms with Crippen LogP contribution in [-0.2, 0) is 0 Å². The van der Waals surface area contributed by atoms with Crippen molar-refractivity contribution in [1.29, 1.82) is 0 Å². The van der Waals surface area contributed by atoms with E-state index in [1.807, 2.05) is 54.6 Å². The Morgan fingerprint density at radius 2 is 1.64 bits per heavy atom. The van der Waals surface area contributed by atoms with Crippen LogP contribution in [0.4, 0.5) is 5.69 Å². The van der Waals surface area contributed by atoms with E-state index in [-0.39, 0.29) is 17.7 Å². The van der Waals surface area contributed by atoms with Crippen LogP contribution in [0.25, 0.3) is 0 Å². The molecule has 3 heteroatoms. The lowest BCUT2D eigenvalue weighted by molar-refractivity contribution is 0.0892. The summed E-state index contributed by atoms with van der Waals surface area (Å²) in [7, 11) is 0. The number of hydrogen-bond donors (Lipinski definition) is 1. The zero-order valence-corrected chi connectivity index (χ0v) is 15.5. The third-order valence-corrected chi connectivity index (χ3v) is 5.60. The molecule has 0 aliphatic heterocycles. The van der Waals surface area contributed by atoms with Crippen LogP contribution in [0, 0.1) is 11.8 Å². The number of carbonyl (C=O) groups is 1. The second-order valence-corrected chi connectivity index (χ2v) is 7.53. The van der Waals surface area contributed by atoms with Gasteiger partial charge in [0.1, 0.15) is 0 Å². The summed E-state index contributed by atoms with van der Waals surface area (Å²) in [6.07, 6.45) is 6.21. The van der Waals surface area contributed by atoms with E-state index in [2.05, 4.69) is 12.2 Å². The Labute approximate surface area is 155 Å². The summed E-state index contributed by atoms with van der Waals surface area (Å²) in [5.74, 6) is 0.686. The highest BCUT2D eigenvalue weighted by Crippen LogP contribution is 2.33. The molecule has 2 aromatic rings. The Kier molecular flexibility index (Phi) is 6.14. The first-order chi connectivity index (χ1) is 12.1. The zero-order valence-electron chi connectivity index (χ0n) is 14.7. The number of halogens is 1. The first-order valence-corrected chi connectivity index (χ1v) is 9.64. The van der Waals surface area contributed by atoms with Crippen molar-refractivity contribution in [2.75, 3.05) is 5.32 Å². The van der Waals surface area contributed by atoms with Gasteiger partial charge in [0.05, 0.1) is 0 Å². The topological polar surface area (TPSA) is 29.1 Å². The molecule has 0 aromatic heterocycles. The van der Waals surface area contributed by atoms with E-state index in [0.29, 0.717) is 5.92 Å². The van der Waals surface area contributed by atoms with Crippen LogP contribution in [0.1, 0.15) is 49.4 Å². The fourth-order valence-corrected chi connectivity index (χ4v) is 4.04. The number of Topliss-reactive ketones (excluding diaryl/α,β-unsaturated/α-hetero) is 1. The Morgan fingerprint density at radius 3 is 2.28 bits per heavy atom. The largest absolute Gasteiger partial charge is 0.381 e. The maximum Gasteiger partial charge on any atom is 0.167 e. The fourth-order valence-electron chi connectivity index (χ4n) is 3.91. The number of rotatable bonds is 6. The first-order valence-electron chi connectivity index (χ1n) is 9.26. The van der Waals surface area contributed by atoms with Crippen LogP contribution >= 0.6 is 11.6 Å². The monoisotopic (exact) mass is 355 g/mol. The van der Waals surface area contributed by atoms with E-state index >= 15 is 0 Å². The van der Waals surface area contributed by atoms with E-state index in [1.165, 1.54) is 32.1 Å². The Hall–Kier alpha value is -1.80. The van der Waals surface area contributed by atoms with Gasteiger partial charge in [0.15, 0.2) is 5.78 Å². The van der Waals surface area contributed by atoms with E-state index in [0.717, 1.165) is 16.3 Å². The van der Waals surface area contributed by atoms with Crippen molar-refractivity contribution in [3.63, 3.8) is 0 Å². The summed E-state index contributed by atoms with van der Waals surface area (Å²) < 4.78 is 0. The third kappa shape index (κ3) is 4.64. The molecular formula is C22H26ClNO. The molecule has 2 nitrogen and oxygen atoms in total. The Balaban J connectivity index is 1.81. The molecule has 1 aliphatic carbocycles. The van der Waals surface area contributed by atoms with Crippen molar-refractivity contribution >= 4 is 23.1 Å². The molecule has 132 valence electrons. The van der Waals surface area contributed by atoms with E-state index < -0.39 is 0 Å². The van der Waals surface area contributed by atoms with Crippen LogP contribution in [0.5, 0.6) is 0 Å². The third-order valence-electron chi connectivity index (χ3n) is 5.35. The maximum absolute atomic E-state index is 13.0. The van der Waals surface area contributed by atoms with Crippen LogP contribution < -0.4 is 5.32 Å². The molecule has 0 amide bonds. The van der Waals surface area contributed by atoms with Gasteiger partial charge < -0.3 is 5.32 Å². The molecule has 0 radical (unpaired) electrons. The molecule has 1 saturated carbocycles. The minimum absolute atomic E-state index is 0.0684. The summed E-state index contributed by atoms with van der Waals surface area (Å²) in [4.78, 5) is 13.0. The van der Waals surface area contributed by atoms with Crippen LogP contribution in [0.3, 0.4) is 0 Å². The van der Waals surface area contributed by atoms with Crippen molar-refractivity contribution in [3.8, 4) is 0 Å². The molecule has 3 rings (SSSR count). The summed E-state index contributed by atoms with van der Waals surface area (Å²) in [6, 6.07) is 17.6. The van der Waals surface area contributed by atoms with Gasteiger partial charge in [-0.2, -0.15) is 0 Å². The predicted molar refractivity (Wildman–Crippen MR) is 105 cm³/mol. The number of ketones is 1. The van der Waals surface area contributed by atoms with Gasteiger partial charge in [-0.25, -0.2) is 0 Å². The molecule has 1 fully saturated rings. The number of benzene rings is 2. The van der Waals surface area contributed by atoms with Crippen molar-refractivity contribution < 1.29 is 4.79 Å². The number of anilines is 1. The van der Waals surface area contributed by atoms with Gasteiger partial charge in [-0.3, -0.25) is 4.79 Å². The molecule has 0 bridgehead atoms. The second-order valence-electron chi connectivity index (χ2n) is 7.09. The zero-order chi connectivity index (χ0) is 17.6. The molecule has 25 heavy (non-hydrogen) atoms. The van der Waals surface area contributed by atoms with Gasteiger partial charge in [0.25, 0.3) is 0 Å². The van der Waals surface area contributed by atoms with Crippen molar-refractivity contribution in [2.24, 2.45) is 11.8 Å². The smallest absolute Gasteiger partial charge is 0.167 e. The van der Waals surface area contributed by atoms with E-state index in [4.69, 9.17) is 11.6 Å². The average Bonchev–Trinajstić information content (AvgIpc) is 2.68. The highest BCUT2D eigenvalue weighted by Gasteiger charge is 2.32. The van der Waals surface area contributed by atoms with Crippen LogP contribution in [0.2, 0.25) is 5.02 Å². The highest BCUT2D eigenvalue weighted by atomic mass is 35.5. The maximum atomic E-state index is 13.0. The van der Waals surface area contributed by atoms with Crippen molar-refractivity contribution in [3.05, 3.63) is 65.2 Å². The summed E-state index contributed by atoms with van der Waals surface area (Å²) in [5, 5.41) is 4.38. The molecule has 2 unspecified atom stereocenters. The SMILES string of the molecule is CC(C(=O)c1ccccc1)C(Nc1ccc(Cl)cc1)C1CCCCC1. The minimum Gasteiger partial charge on any atom is -0.381 e. The Bertz CT molecular complexity index is 677. The Morgan fingerprint density at radius 1 is 1.00 bits per heavy atom. The summed E-state index contributed by atoms with van der Waals surface area (Å²) in [6.45, 7) is 2.07.